The molecule has 0 saturated heterocycles. The van der Waals surface area contributed by atoms with Crippen LogP contribution in [0.2, 0.25) is 0 Å². The number of anilines is 3. The average molecular weight is 418 g/mol. The van der Waals surface area contributed by atoms with Gasteiger partial charge < -0.3 is 10.1 Å². The molecule has 1 aliphatic heterocycles. The smallest absolute Gasteiger partial charge is 0.416 e. The number of hydrogen-bond acceptors (Lipinski definition) is 4. The van der Waals surface area contributed by atoms with E-state index in [0.29, 0.717) is 11.3 Å². The number of halogens is 4. The minimum absolute atomic E-state index is 0.0613. The Morgan fingerprint density at radius 1 is 1.07 bits per heavy atom. The van der Waals surface area contributed by atoms with E-state index in [1.807, 2.05) is 0 Å². The number of nitrogens with zero attached hydrogens (tertiary/aromatic N) is 4. The standard InChI is InChI=1S/C20H14F4N4O2/c1-12-8-14(21)3-5-17(12)27-11-26(15-6-7-28(30)25-10-15)19(29)16-9-13(20(22,23)24)2-4-18(16)27/h2-10H,11H2,1H3. The summed E-state index contributed by atoms with van der Waals surface area (Å²) in [7, 11) is 0. The number of hydrogen-bond donors (Lipinski definition) is 0. The number of carbonyl (C=O) groups is 1. The van der Waals surface area contributed by atoms with Gasteiger partial charge in [0, 0.05) is 16.9 Å². The quantitative estimate of drug-likeness (QED) is 0.359. The van der Waals surface area contributed by atoms with Gasteiger partial charge in [-0.2, -0.15) is 13.2 Å². The Morgan fingerprint density at radius 2 is 1.80 bits per heavy atom. The van der Waals surface area contributed by atoms with Crippen LogP contribution in [-0.4, -0.2) is 17.7 Å². The van der Waals surface area contributed by atoms with E-state index in [0.717, 1.165) is 24.5 Å². The van der Waals surface area contributed by atoms with Crippen molar-refractivity contribution < 1.29 is 27.2 Å². The second kappa shape index (κ2) is 6.97. The fraction of sp³-hybridized carbons (Fsp3) is 0.150. The molecule has 0 unspecified atom stereocenters. The third-order valence-electron chi connectivity index (χ3n) is 4.81. The molecule has 6 nitrogen and oxygen atoms in total. The van der Waals surface area contributed by atoms with E-state index >= 15 is 0 Å². The number of amides is 1. The molecule has 0 spiro atoms. The highest BCUT2D eigenvalue weighted by Gasteiger charge is 2.36. The van der Waals surface area contributed by atoms with Crippen LogP contribution in [0.5, 0.6) is 0 Å². The highest BCUT2D eigenvalue weighted by molar-refractivity contribution is 6.12. The summed E-state index contributed by atoms with van der Waals surface area (Å²) in [6.45, 7) is 1.60. The summed E-state index contributed by atoms with van der Waals surface area (Å²) >= 11 is 0. The molecule has 0 saturated carbocycles. The molecule has 0 bridgehead atoms. The number of benzene rings is 2. The molecule has 1 aromatic heterocycles. The molecule has 30 heavy (non-hydrogen) atoms. The van der Waals surface area contributed by atoms with Gasteiger partial charge in [-0.25, -0.2) is 4.39 Å². The van der Waals surface area contributed by atoms with E-state index in [9.17, 15) is 27.6 Å². The third-order valence-corrected chi connectivity index (χ3v) is 4.81. The van der Waals surface area contributed by atoms with Gasteiger partial charge in [-0.05, 0) is 48.9 Å². The number of alkyl halides is 3. The molecule has 4 rings (SSSR count). The summed E-state index contributed by atoms with van der Waals surface area (Å²) in [6, 6.07) is 8.28. The molecule has 2 aromatic carbocycles. The molecule has 1 amide bonds. The van der Waals surface area contributed by atoms with Crippen molar-refractivity contribution in [2.24, 2.45) is 0 Å². The normalized spacial score (nSPS) is 14.1. The minimum Gasteiger partial charge on any atom is -0.594 e. The van der Waals surface area contributed by atoms with Crippen LogP contribution in [0.15, 0.2) is 54.9 Å². The predicted molar refractivity (Wildman–Crippen MR) is 99.6 cm³/mol. The first kappa shape index (κ1) is 19.6. The lowest BCUT2D eigenvalue weighted by Crippen LogP contribution is -2.46. The first-order chi connectivity index (χ1) is 14.1. The zero-order chi connectivity index (χ0) is 21.6. The van der Waals surface area contributed by atoms with Gasteiger partial charge >= 0.3 is 6.18 Å². The highest BCUT2D eigenvalue weighted by atomic mass is 19.4. The van der Waals surface area contributed by atoms with Gasteiger partial charge in [0.2, 0.25) is 6.20 Å². The predicted octanol–water partition coefficient (Wildman–Crippen LogP) is 3.94. The lowest BCUT2D eigenvalue weighted by molar-refractivity contribution is -0.669. The van der Waals surface area contributed by atoms with Crippen molar-refractivity contribution in [1.29, 1.82) is 0 Å². The van der Waals surface area contributed by atoms with E-state index in [1.54, 1.807) is 11.8 Å². The summed E-state index contributed by atoms with van der Waals surface area (Å²) in [5.74, 6) is -1.13. The fourth-order valence-electron chi connectivity index (χ4n) is 3.37. The number of rotatable bonds is 2. The lowest BCUT2D eigenvalue weighted by atomic mass is 10.0. The van der Waals surface area contributed by atoms with Crippen molar-refractivity contribution in [3.05, 3.63) is 82.6 Å². The van der Waals surface area contributed by atoms with Crippen molar-refractivity contribution in [2.45, 2.75) is 13.1 Å². The van der Waals surface area contributed by atoms with Gasteiger partial charge in [0.1, 0.15) is 18.7 Å². The number of aromatic nitrogens is 2. The Balaban J connectivity index is 1.89. The van der Waals surface area contributed by atoms with Gasteiger partial charge in [-0.1, -0.05) is 4.85 Å². The van der Waals surface area contributed by atoms with Crippen LogP contribution >= 0.6 is 0 Å². The van der Waals surface area contributed by atoms with Crippen molar-refractivity contribution in [1.82, 2.24) is 5.10 Å². The van der Waals surface area contributed by atoms with E-state index in [2.05, 4.69) is 5.10 Å². The zero-order valence-corrected chi connectivity index (χ0v) is 15.5. The Hall–Kier alpha value is -3.69. The summed E-state index contributed by atoms with van der Waals surface area (Å²) in [6.07, 6.45) is -2.40. The van der Waals surface area contributed by atoms with Crippen LogP contribution in [0.3, 0.4) is 0 Å². The topological polar surface area (TPSA) is 63.4 Å². The Bertz CT molecular complexity index is 1130. The van der Waals surface area contributed by atoms with Gasteiger partial charge in [-0.3, -0.25) is 9.69 Å². The summed E-state index contributed by atoms with van der Waals surface area (Å²) in [5, 5.41) is 14.8. The van der Waals surface area contributed by atoms with Gasteiger partial charge in [0.05, 0.1) is 22.5 Å². The molecule has 0 fully saturated rings. The van der Waals surface area contributed by atoms with Crippen LogP contribution in [0.1, 0.15) is 21.5 Å². The number of aryl methyl sites for hydroxylation is 1. The van der Waals surface area contributed by atoms with Crippen LogP contribution in [0.25, 0.3) is 0 Å². The molecule has 2 heterocycles. The minimum atomic E-state index is -4.63. The fourth-order valence-corrected chi connectivity index (χ4v) is 3.37. The SMILES string of the molecule is Cc1cc(F)ccc1N1CN(c2cc[n+]([O-])nc2)C(=O)c2cc(C(F)(F)F)ccc21. The third kappa shape index (κ3) is 3.40. The zero-order valence-electron chi connectivity index (χ0n) is 15.5. The summed E-state index contributed by atoms with van der Waals surface area (Å²) in [5.41, 5.74) is 0.438. The van der Waals surface area contributed by atoms with Gasteiger partial charge in [0.25, 0.3) is 5.91 Å². The maximum absolute atomic E-state index is 13.6. The van der Waals surface area contributed by atoms with Crippen molar-refractivity contribution in [3.63, 3.8) is 0 Å². The molecule has 0 radical (unpaired) electrons. The average Bonchev–Trinajstić information content (AvgIpc) is 2.69. The van der Waals surface area contributed by atoms with Gasteiger partial charge in [0.15, 0.2) is 0 Å². The Morgan fingerprint density at radius 3 is 2.43 bits per heavy atom. The molecule has 3 aromatic rings. The van der Waals surface area contributed by atoms with Crippen LogP contribution < -0.4 is 14.6 Å². The first-order valence-electron chi connectivity index (χ1n) is 8.77. The van der Waals surface area contributed by atoms with Crippen LogP contribution in [0.4, 0.5) is 34.6 Å². The monoisotopic (exact) mass is 418 g/mol. The largest absolute Gasteiger partial charge is 0.594 e. The van der Waals surface area contributed by atoms with E-state index in [-0.39, 0.29) is 28.5 Å². The van der Waals surface area contributed by atoms with E-state index in [4.69, 9.17) is 0 Å². The number of fused-ring (bicyclic) bond motifs is 1. The van der Waals surface area contributed by atoms with E-state index < -0.39 is 23.5 Å². The summed E-state index contributed by atoms with van der Waals surface area (Å²) in [4.78, 5) is 16.2. The molecule has 10 heteroatoms. The second-order valence-corrected chi connectivity index (χ2v) is 6.75. The molecular weight excluding hydrogens is 404 g/mol. The second-order valence-electron chi connectivity index (χ2n) is 6.75. The maximum Gasteiger partial charge on any atom is 0.416 e. The van der Waals surface area contributed by atoms with Crippen molar-refractivity contribution >= 4 is 23.0 Å². The highest BCUT2D eigenvalue weighted by Crippen LogP contribution is 2.40. The number of carbonyl (C=O) groups excluding carboxylic acids is 1. The van der Waals surface area contributed by atoms with Crippen LogP contribution in [-0.2, 0) is 6.18 Å². The van der Waals surface area contributed by atoms with Gasteiger partial charge in [-0.15, -0.1) is 0 Å². The van der Waals surface area contributed by atoms with Crippen LogP contribution in [0, 0.1) is 17.9 Å². The summed E-state index contributed by atoms with van der Waals surface area (Å²) < 4.78 is 53.3. The first-order valence-corrected chi connectivity index (χ1v) is 8.77. The lowest BCUT2D eigenvalue weighted by Gasteiger charge is -2.38. The Kier molecular flexibility index (Phi) is 4.56. The molecule has 0 atom stereocenters. The molecule has 154 valence electrons. The molecule has 0 aliphatic carbocycles. The molecule has 1 aliphatic rings. The molecule has 0 N–H and O–H groups in total. The van der Waals surface area contributed by atoms with Crippen molar-refractivity contribution in [3.8, 4) is 0 Å². The Labute approximate surface area is 168 Å². The van der Waals surface area contributed by atoms with Crippen molar-refractivity contribution in [2.75, 3.05) is 16.5 Å². The molecular formula is C20H14F4N4O2. The maximum atomic E-state index is 13.6. The van der Waals surface area contributed by atoms with E-state index in [1.165, 1.54) is 35.2 Å².